The molecule has 104 valence electrons. The lowest BCUT2D eigenvalue weighted by Gasteiger charge is -2.22. The Morgan fingerprint density at radius 1 is 1.47 bits per heavy atom. The molecule has 2 N–H and O–H groups in total. The summed E-state index contributed by atoms with van der Waals surface area (Å²) in [5.74, 6) is -0.0170. The van der Waals surface area contributed by atoms with Crippen LogP contribution in [0.1, 0.15) is 31.4 Å². The van der Waals surface area contributed by atoms with Gasteiger partial charge in [-0.3, -0.25) is 9.69 Å². The minimum atomic E-state index is -0.313. The highest BCUT2D eigenvalue weighted by molar-refractivity contribution is 5.78. The summed E-state index contributed by atoms with van der Waals surface area (Å²) in [6.07, 6.45) is 2.33. The van der Waals surface area contributed by atoms with Crippen molar-refractivity contribution in [1.82, 2.24) is 10.2 Å². The predicted molar refractivity (Wildman–Crippen MR) is 74.7 cm³/mol. The molecular weight excluding hydrogens is 240 g/mol. The standard InChI is InChI=1S/C15H22N2O2/c1-12-6-5-9-17(12)10-15(19)16-14(11-18)13-7-3-2-4-8-13/h2-4,7-8,12,14,18H,5-6,9-11H2,1H3,(H,16,19). The van der Waals surface area contributed by atoms with Gasteiger partial charge in [-0.25, -0.2) is 0 Å². The van der Waals surface area contributed by atoms with E-state index in [2.05, 4.69) is 17.1 Å². The van der Waals surface area contributed by atoms with E-state index in [4.69, 9.17) is 0 Å². The average molecular weight is 262 g/mol. The quantitative estimate of drug-likeness (QED) is 0.841. The first-order valence-electron chi connectivity index (χ1n) is 6.90. The fourth-order valence-corrected chi connectivity index (χ4v) is 2.57. The molecule has 2 unspecified atom stereocenters. The number of hydrogen-bond acceptors (Lipinski definition) is 3. The van der Waals surface area contributed by atoms with Crippen molar-refractivity contribution in [3.8, 4) is 0 Å². The minimum Gasteiger partial charge on any atom is -0.394 e. The molecule has 0 aromatic heterocycles. The molecular formula is C15H22N2O2. The SMILES string of the molecule is CC1CCCN1CC(=O)NC(CO)c1ccccc1. The summed E-state index contributed by atoms with van der Waals surface area (Å²) < 4.78 is 0. The van der Waals surface area contributed by atoms with Crippen LogP contribution in [0.3, 0.4) is 0 Å². The molecule has 0 aliphatic carbocycles. The normalized spacial score (nSPS) is 21.3. The second-order valence-electron chi connectivity index (χ2n) is 5.18. The Hall–Kier alpha value is -1.39. The molecule has 0 radical (unpaired) electrons. The van der Waals surface area contributed by atoms with E-state index in [1.165, 1.54) is 0 Å². The molecule has 1 saturated heterocycles. The van der Waals surface area contributed by atoms with Crippen LogP contribution in [-0.2, 0) is 4.79 Å². The van der Waals surface area contributed by atoms with Crippen molar-refractivity contribution < 1.29 is 9.90 Å². The second-order valence-corrected chi connectivity index (χ2v) is 5.18. The molecule has 4 nitrogen and oxygen atoms in total. The van der Waals surface area contributed by atoms with Crippen LogP contribution < -0.4 is 5.32 Å². The molecule has 0 saturated carbocycles. The van der Waals surface area contributed by atoms with Gasteiger partial charge in [-0.2, -0.15) is 0 Å². The van der Waals surface area contributed by atoms with Crippen LogP contribution in [0.2, 0.25) is 0 Å². The summed E-state index contributed by atoms with van der Waals surface area (Å²) in [6.45, 7) is 3.49. The third kappa shape index (κ3) is 3.78. The number of amides is 1. The van der Waals surface area contributed by atoms with E-state index < -0.39 is 0 Å². The average Bonchev–Trinajstić information content (AvgIpc) is 2.82. The molecule has 1 heterocycles. The van der Waals surface area contributed by atoms with Gasteiger partial charge in [0.25, 0.3) is 0 Å². The molecule has 1 aromatic carbocycles. The van der Waals surface area contributed by atoms with Crippen LogP contribution in [0, 0.1) is 0 Å². The molecule has 0 spiro atoms. The Kier molecular flexibility index (Phi) is 4.93. The third-order valence-corrected chi connectivity index (χ3v) is 3.76. The first-order valence-corrected chi connectivity index (χ1v) is 6.90. The van der Waals surface area contributed by atoms with Crippen LogP contribution in [0.25, 0.3) is 0 Å². The van der Waals surface area contributed by atoms with Crippen molar-refractivity contribution in [3.05, 3.63) is 35.9 Å². The van der Waals surface area contributed by atoms with E-state index in [-0.39, 0.29) is 18.6 Å². The van der Waals surface area contributed by atoms with Gasteiger partial charge in [0, 0.05) is 6.04 Å². The van der Waals surface area contributed by atoms with E-state index in [1.54, 1.807) is 0 Å². The summed E-state index contributed by atoms with van der Waals surface area (Å²) >= 11 is 0. The number of carbonyl (C=O) groups excluding carboxylic acids is 1. The van der Waals surface area contributed by atoms with Crippen LogP contribution in [-0.4, -0.2) is 41.7 Å². The van der Waals surface area contributed by atoms with Gasteiger partial charge >= 0.3 is 0 Å². The Morgan fingerprint density at radius 2 is 2.21 bits per heavy atom. The molecule has 2 atom stereocenters. The largest absolute Gasteiger partial charge is 0.394 e. The number of likely N-dealkylation sites (tertiary alicyclic amines) is 1. The molecule has 1 amide bonds. The van der Waals surface area contributed by atoms with Crippen molar-refractivity contribution in [2.24, 2.45) is 0 Å². The molecule has 0 bridgehead atoms. The van der Waals surface area contributed by atoms with Gasteiger partial charge in [-0.05, 0) is 31.9 Å². The van der Waals surface area contributed by atoms with Crippen molar-refractivity contribution >= 4 is 5.91 Å². The van der Waals surface area contributed by atoms with Crippen LogP contribution >= 0.6 is 0 Å². The van der Waals surface area contributed by atoms with E-state index in [9.17, 15) is 9.90 Å². The molecule has 19 heavy (non-hydrogen) atoms. The van der Waals surface area contributed by atoms with Gasteiger partial charge in [0.2, 0.25) is 5.91 Å². The summed E-state index contributed by atoms with van der Waals surface area (Å²) in [5.41, 5.74) is 0.938. The van der Waals surface area contributed by atoms with Gasteiger partial charge < -0.3 is 10.4 Å². The Morgan fingerprint density at radius 3 is 2.79 bits per heavy atom. The highest BCUT2D eigenvalue weighted by atomic mass is 16.3. The minimum absolute atomic E-state index is 0.0170. The zero-order chi connectivity index (χ0) is 13.7. The summed E-state index contributed by atoms with van der Waals surface area (Å²) in [4.78, 5) is 14.2. The Bertz CT molecular complexity index is 408. The number of hydrogen-bond donors (Lipinski definition) is 2. The third-order valence-electron chi connectivity index (χ3n) is 3.76. The Labute approximate surface area is 114 Å². The number of nitrogens with zero attached hydrogens (tertiary/aromatic N) is 1. The number of carbonyl (C=O) groups is 1. The van der Waals surface area contributed by atoms with Gasteiger partial charge in [0.05, 0.1) is 19.2 Å². The zero-order valence-electron chi connectivity index (χ0n) is 11.4. The highest BCUT2D eigenvalue weighted by Crippen LogP contribution is 2.16. The lowest BCUT2D eigenvalue weighted by atomic mass is 10.1. The van der Waals surface area contributed by atoms with Gasteiger partial charge in [-0.1, -0.05) is 30.3 Å². The molecule has 1 aliphatic heterocycles. The number of rotatable bonds is 5. The predicted octanol–water partition coefficient (Wildman–Crippen LogP) is 1.32. The molecule has 1 aromatic rings. The lowest BCUT2D eigenvalue weighted by molar-refractivity contribution is -0.123. The number of nitrogens with one attached hydrogen (secondary N) is 1. The highest BCUT2D eigenvalue weighted by Gasteiger charge is 2.23. The summed E-state index contributed by atoms with van der Waals surface area (Å²) in [6, 6.07) is 9.74. The topological polar surface area (TPSA) is 52.6 Å². The maximum Gasteiger partial charge on any atom is 0.234 e. The van der Waals surface area contributed by atoms with E-state index in [1.807, 2.05) is 30.3 Å². The maximum atomic E-state index is 12.0. The van der Waals surface area contributed by atoms with Gasteiger partial charge in [0.15, 0.2) is 0 Å². The Balaban J connectivity index is 1.89. The van der Waals surface area contributed by atoms with Crippen LogP contribution in [0.15, 0.2) is 30.3 Å². The smallest absolute Gasteiger partial charge is 0.234 e. The van der Waals surface area contributed by atoms with Crippen LogP contribution in [0.5, 0.6) is 0 Å². The number of aliphatic hydroxyl groups is 1. The molecule has 4 heteroatoms. The maximum absolute atomic E-state index is 12.0. The van der Waals surface area contributed by atoms with Crippen molar-refractivity contribution in [2.45, 2.75) is 31.8 Å². The fraction of sp³-hybridized carbons (Fsp3) is 0.533. The monoisotopic (exact) mass is 262 g/mol. The van der Waals surface area contributed by atoms with E-state index in [0.717, 1.165) is 24.9 Å². The summed E-state index contributed by atoms with van der Waals surface area (Å²) in [7, 11) is 0. The molecule has 1 aliphatic rings. The van der Waals surface area contributed by atoms with Gasteiger partial charge in [-0.15, -0.1) is 0 Å². The lowest BCUT2D eigenvalue weighted by Crippen LogP contribution is -2.41. The summed E-state index contributed by atoms with van der Waals surface area (Å²) in [5, 5.41) is 12.3. The first kappa shape index (κ1) is 14.0. The number of benzene rings is 1. The molecule has 2 rings (SSSR count). The zero-order valence-corrected chi connectivity index (χ0v) is 11.4. The van der Waals surface area contributed by atoms with Crippen molar-refractivity contribution in [2.75, 3.05) is 19.7 Å². The van der Waals surface area contributed by atoms with E-state index in [0.29, 0.717) is 12.6 Å². The second kappa shape index (κ2) is 6.68. The van der Waals surface area contributed by atoms with E-state index >= 15 is 0 Å². The van der Waals surface area contributed by atoms with Crippen LogP contribution in [0.4, 0.5) is 0 Å². The van der Waals surface area contributed by atoms with Gasteiger partial charge in [0.1, 0.15) is 0 Å². The van der Waals surface area contributed by atoms with Crippen molar-refractivity contribution in [1.29, 1.82) is 0 Å². The fourth-order valence-electron chi connectivity index (χ4n) is 2.57. The van der Waals surface area contributed by atoms with Crippen molar-refractivity contribution in [3.63, 3.8) is 0 Å². The number of aliphatic hydroxyl groups excluding tert-OH is 1. The first-order chi connectivity index (χ1) is 9.20. The molecule has 1 fully saturated rings.